The highest BCUT2D eigenvalue weighted by molar-refractivity contribution is 6.11. The highest BCUT2D eigenvalue weighted by Crippen LogP contribution is 2.36. The molecule has 9 rings (SSSR count). The Labute approximate surface area is 252 Å². The van der Waals surface area contributed by atoms with Crippen LogP contribution < -0.4 is 0 Å². The van der Waals surface area contributed by atoms with Gasteiger partial charge in [-0.1, -0.05) is 97.1 Å². The smallest absolute Gasteiger partial charge is 0.169 e. The van der Waals surface area contributed by atoms with E-state index in [2.05, 4.69) is 100 Å². The summed E-state index contributed by atoms with van der Waals surface area (Å²) in [6.45, 7) is 0. The van der Waals surface area contributed by atoms with E-state index in [1.165, 1.54) is 0 Å². The molecule has 5 heterocycles. The van der Waals surface area contributed by atoms with E-state index in [1.807, 2.05) is 54.7 Å². The number of hydrogen-bond acceptors (Lipinski definition) is 4. The van der Waals surface area contributed by atoms with Gasteiger partial charge < -0.3 is 0 Å². The normalized spacial score (nSPS) is 11.6. The van der Waals surface area contributed by atoms with Crippen LogP contribution in [0.4, 0.5) is 0 Å². The molecule has 0 aliphatic rings. The fourth-order valence-electron chi connectivity index (χ4n) is 6.18. The maximum atomic E-state index is 5.39. The lowest BCUT2D eigenvalue weighted by Crippen LogP contribution is -2.02. The van der Waals surface area contributed by atoms with Gasteiger partial charge in [-0.3, -0.25) is 14.1 Å². The van der Waals surface area contributed by atoms with Crippen LogP contribution in [0.25, 0.3) is 78.2 Å². The molecule has 0 unspecified atom stereocenters. The zero-order valence-corrected chi connectivity index (χ0v) is 23.5. The van der Waals surface area contributed by atoms with Crippen molar-refractivity contribution in [1.29, 1.82) is 0 Å². The number of para-hydroxylation sites is 2. The van der Waals surface area contributed by atoms with Crippen LogP contribution in [0.2, 0.25) is 0 Å². The Morgan fingerprint density at radius 1 is 0.432 bits per heavy atom. The first-order valence-electron chi connectivity index (χ1n) is 14.6. The van der Waals surface area contributed by atoms with Crippen molar-refractivity contribution < 1.29 is 0 Å². The number of nitrogens with zero attached hydrogens (tertiary/aromatic N) is 6. The second-order valence-corrected chi connectivity index (χ2v) is 10.8. The molecule has 0 atom stereocenters. The molecule has 9 aromatic rings. The lowest BCUT2D eigenvalue weighted by atomic mass is 10.0. The highest BCUT2D eigenvalue weighted by Gasteiger charge is 2.22. The molecular formula is C38H24N6. The third-order valence-corrected chi connectivity index (χ3v) is 8.17. The fourth-order valence-corrected chi connectivity index (χ4v) is 6.18. The number of rotatable bonds is 4. The van der Waals surface area contributed by atoms with E-state index in [9.17, 15) is 0 Å². The average molecular weight is 565 g/mol. The molecule has 0 saturated heterocycles. The Balaban J connectivity index is 1.41. The minimum Gasteiger partial charge on any atom is -0.292 e. The second kappa shape index (κ2) is 9.71. The molecule has 0 aliphatic heterocycles. The zero-order valence-electron chi connectivity index (χ0n) is 23.5. The monoisotopic (exact) mass is 564 g/mol. The quantitative estimate of drug-likeness (QED) is 0.214. The molecule has 0 bridgehead atoms. The van der Waals surface area contributed by atoms with Gasteiger partial charge >= 0.3 is 0 Å². The van der Waals surface area contributed by atoms with Crippen molar-refractivity contribution in [3.63, 3.8) is 0 Å². The first kappa shape index (κ1) is 24.5. The fraction of sp³-hybridized carbons (Fsp3) is 0. The van der Waals surface area contributed by atoms with Gasteiger partial charge in [0.05, 0.1) is 16.7 Å². The van der Waals surface area contributed by atoms with E-state index < -0.39 is 0 Å². The SMILES string of the molecule is c1ccc(-c2cc(-c3ccccc3)nc(-n3c4cccnc4c4nc5c6ccccc6n(-c6ccccc6)c5nc43)c2)cc1. The van der Waals surface area contributed by atoms with Gasteiger partial charge in [0.2, 0.25) is 0 Å². The highest BCUT2D eigenvalue weighted by atomic mass is 15.2. The number of fused-ring (bicyclic) bond motifs is 6. The molecule has 6 heteroatoms. The molecule has 0 N–H and O–H groups in total. The molecule has 0 radical (unpaired) electrons. The first-order chi connectivity index (χ1) is 21.8. The summed E-state index contributed by atoms with van der Waals surface area (Å²) in [7, 11) is 0. The van der Waals surface area contributed by atoms with Crippen molar-refractivity contribution in [3.05, 3.63) is 146 Å². The number of hydrogen-bond donors (Lipinski definition) is 0. The number of aromatic nitrogens is 6. The van der Waals surface area contributed by atoms with Crippen molar-refractivity contribution >= 4 is 44.3 Å². The second-order valence-electron chi connectivity index (χ2n) is 10.8. The summed E-state index contributed by atoms with van der Waals surface area (Å²) in [4.78, 5) is 20.7. The van der Waals surface area contributed by atoms with Crippen molar-refractivity contribution in [3.8, 4) is 33.9 Å². The van der Waals surface area contributed by atoms with Gasteiger partial charge in [0.15, 0.2) is 11.3 Å². The topological polar surface area (TPSA) is 61.4 Å². The van der Waals surface area contributed by atoms with Gasteiger partial charge in [0.25, 0.3) is 0 Å². The van der Waals surface area contributed by atoms with Crippen LogP contribution in [0.1, 0.15) is 0 Å². The Bertz CT molecular complexity index is 2420. The summed E-state index contributed by atoms with van der Waals surface area (Å²) in [6.07, 6.45) is 1.81. The molecule has 44 heavy (non-hydrogen) atoms. The van der Waals surface area contributed by atoms with Crippen molar-refractivity contribution in [1.82, 2.24) is 29.1 Å². The van der Waals surface area contributed by atoms with Gasteiger partial charge in [-0.15, -0.1) is 0 Å². The minimum atomic E-state index is 0.711. The summed E-state index contributed by atoms with van der Waals surface area (Å²) < 4.78 is 4.30. The molecule has 0 saturated carbocycles. The number of benzene rings is 4. The molecule has 206 valence electrons. The summed E-state index contributed by atoms with van der Waals surface area (Å²) >= 11 is 0. The molecule has 0 aliphatic carbocycles. The lowest BCUT2D eigenvalue weighted by Gasteiger charge is -2.12. The largest absolute Gasteiger partial charge is 0.292 e. The van der Waals surface area contributed by atoms with E-state index >= 15 is 0 Å². The van der Waals surface area contributed by atoms with Crippen LogP contribution in [0.5, 0.6) is 0 Å². The van der Waals surface area contributed by atoms with Gasteiger partial charge in [0, 0.05) is 22.8 Å². The Morgan fingerprint density at radius 2 is 1.09 bits per heavy atom. The molecule has 5 aromatic heterocycles. The molecule has 0 fully saturated rings. The average Bonchev–Trinajstić information content (AvgIpc) is 3.60. The number of pyridine rings is 2. The van der Waals surface area contributed by atoms with Gasteiger partial charge in [0.1, 0.15) is 22.4 Å². The predicted octanol–water partition coefficient (Wildman–Crippen LogP) is 8.79. The first-order valence-corrected chi connectivity index (χ1v) is 14.6. The maximum Gasteiger partial charge on any atom is 0.169 e. The molecular weight excluding hydrogens is 540 g/mol. The summed E-state index contributed by atoms with van der Waals surface area (Å²) in [5, 5.41) is 1.05. The van der Waals surface area contributed by atoms with E-state index in [0.29, 0.717) is 5.65 Å². The zero-order chi connectivity index (χ0) is 29.0. The van der Waals surface area contributed by atoms with E-state index in [4.69, 9.17) is 19.9 Å². The third-order valence-electron chi connectivity index (χ3n) is 8.17. The molecule has 0 spiro atoms. The summed E-state index contributed by atoms with van der Waals surface area (Å²) in [6, 6.07) is 47.7. The van der Waals surface area contributed by atoms with E-state index in [-0.39, 0.29) is 0 Å². The Kier molecular flexibility index (Phi) is 5.40. The van der Waals surface area contributed by atoms with Gasteiger partial charge in [-0.25, -0.2) is 15.0 Å². The van der Waals surface area contributed by atoms with Crippen molar-refractivity contribution in [2.24, 2.45) is 0 Å². The van der Waals surface area contributed by atoms with Gasteiger partial charge in [-0.2, -0.15) is 0 Å². The maximum absolute atomic E-state index is 5.39. The lowest BCUT2D eigenvalue weighted by molar-refractivity contribution is 1.05. The van der Waals surface area contributed by atoms with Crippen LogP contribution >= 0.6 is 0 Å². The summed E-state index contributed by atoms with van der Waals surface area (Å²) in [5.74, 6) is 0.759. The van der Waals surface area contributed by atoms with Gasteiger partial charge in [-0.05, 0) is 53.6 Å². The van der Waals surface area contributed by atoms with E-state index in [0.717, 1.165) is 72.5 Å². The van der Waals surface area contributed by atoms with Crippen LogP contribution in [-0.2, 0) is 0 Å². The van der Waals surface area contributed by atoms with Crippen molar-refractivity contribution in [2.45, 2.75) is 0 Å². The standard InChI is InChI=1S/C38H24N6/c1-4-13-25(14-5-1)27-23-30(26-15-6-2-7-16-26)40-33(24-27)44-32-21-12-22-39-35(32)36-38(44)42-37-34(41-36)29-19-10-11-20-31(29)43(37)28-17-8-3-9-18-28/h1-24H. The minimum absolute atomic E-state index is 0.711. The van der Waals surface area contributed by atoms with E-state index in [1.54, 1.807) is 0 Å². The van der Waals surface area contributed by atoms with Crippen LogP contribution in [0, 0.1) is 0 Å². The van der Waals surface area contributed by atoms with Crippen LogP contribution in [0.15, 0.2) is 146 Å². The molecule has 4 aromatic carbocycles. The summed E-state index contributed by atoms with van der Waals surface area (Å²) in [5.41, 5.74) is 11.0. The Morgan fingerprint density at radius 3 is 1.89 bits per heavy atom. The molecule has 6 nitrogen and oxygen atoms in total. The Hall–Kier alpha value is -6.14. The predicted molar refractivity (Wildman–Crippen MR) is 177 cm³/mol. The third kappa shape index (κ3) is 3.75. The van der Waals surface area contributed by atoms with Crippen LogP contribution in [0.3, 0.4) is 0 Å². The van der Waals surface area contributed by atoms with Crippen LogP contribution in [-0.4, -0.2) is 29.1 Å². The molecule has 0 amide bonds. The van der Waals surface area contributed by atoms with Crippen molar-refractivity contribution in [2.75, 3.05) is 0 Å².